The maximum absolute atomic E-state index is 12.2. The number of benzene rings is 1. The van der Waals surface area contributed by atoms with E-state index in [9.17, 15) is 9.59 Å². The van der Waals surface area contributed by atoms with Gasteiger partial charge in [0.05, 0.1) is 18.3 Å². The second kappa shape index (κ2) is 5.02. The van der Waals surface area contributed by atoms with Crippen molar-refractivity contribution in [3.05, 3.63) is 63.5 Å². The number of Topliss-reactive ketones (excluding diaryl/α,β-unsaturated/α-hetero) is 1. The van der Waals surface area contributed by atoms with E-state index in [0.29, 0.717) is 15.8 Å². The summed E-state index contributed by atoms with van der Waals surface area (Å²) in [5.41, 5.74) is 1.53. The van der Waals surface area contributed by atoms with Crippen LogP contribution in [0.3, 0.4) is 0 Å². The Kier molecular flexibility index (Phi) is 3.20. The first-order valence-corrected chi connectivity index (χ1v) is 7.05. The SMILES string of the molecule is Cc1ccc(C(=O)Cn2cnc3sccc3c2=O)cc1. The molecule has 4 nitrogen and oxygen atoms in total. The van der Waals surface area contributed by atoms with E-state index in [2.05, 4.69) is 4.98 Å². The lowest BCUT2D eigenvalue weighted by atomic mass is 10.1. The number of thiophene rings is 1. The van der Waals surface area contributed by atoms with Gasteiger partial charge in [-0.15, -0.1) is 11.3 Å². The molecule has 0 spiro atoms. The molecule has 0 fully saturated rings. The molecule has 20 heavy (non-hydrogen) atoms. The molecule has 0 bridgehead atoms. The zero-order valence-electron chi connectivity index (χ0n) is 10.9. The van der Waals surface area contributed by atoms with Gasteiger partial charge < -0.3 is 0 Å². The van der Waals surface area contributed by atoms with Crippen LogP contribution in [0.1, 0.15) is 15.9 Å². The summed E-state index contributed by atoms with van der Waals surface area (Å²) >= 11 is 1.42. The Morgan fingerprint density at radius 1 is 1.25 bits per heavy atom. The molecule has 0 atom stereocenters. The Morgan fingerprint density at radius 2 is 2.00 bits per heavy atom. The van der Waals surface area contributed by atoms with Crippen LogP contribution in [-0.2, 0) is 6.54 Å². The minimum atomic E-state index is -0.170. The molecule has 100 valence electrons. The van der Waals surface area contributed by atoms with E-state index in [1.807, 2.05) is 24.4 Å². The highest BCUT2D eigenvalue weighted by molar-refractivity contribution is 7.16. The zero-order valence-corrected chi connectivity index (χ0v) is 11.7. The number of hydrogen-bond acceptors (Lipinski definition) is 4. The fourth-order valence-electron chi connectivity index (χ4n) is 1.99. The Hall–Kier alpha value is -2.27. The summed E-state index contributed by atoms with van der Waals surface area (Å²) in [5, 5.41) is 2.39. The Bertz CT molecular complexity index is 831. The van der Waals surface area contributed by atoms with Crippen LogP contribution in [0.4, 0.5) is 0 Å². The lowest BCUT2D eigenvalue weighted by Gasteiger charge is -2.05. The van der Waals surface area contributed by atoms with E-state index in [1.54, 1.807) is 18.2 Å². The first-order chi connectivity index (χ1) is 9.65. The van der Waals surface area contributed by atoms with Crippen LogP contribution in [0.25, 0.3) is 10.2 Å². The van der Waals surface area contributed by atoms with E-state index in [1.165, 1.54) is 22.2 Å². The van der Waals surface area contributed by atoms with E-state index in [-0.39, 0.29) is 17.9 Å². The van der Waals surface area contributed by atoms with Crippen LogP contribution in [-0.4, -0.2) is 15.3 Å². The molecular formula is C15H12N2O2S. The van der Waals surface area contributed by atoms with Crippen molar-refractivity contribution in [3.8, 4) is 0 Å². The van der Waals surface area contributed by atoms with Gasteiger partial charge in [-0.1, -0.05) is 29.8 Å². The molecule has 0 radical (unpaired) electrons. The van der Waals surface area contributed by atoms with Crippen molar-refractivity contribution in [2.75, 3.05) is 0 Å². The number of aryl methyl sites for hydroxylation is 1. The summed E-state index contributed by atoms with van der Waals surface area (Å²) in [6.07, 6.45) is 1.44. The number of fused-ring (bicyclic) bond motifs is 1. The van der Waals surface area contributed by atoms with Crippen molar-refractivity contribution in [3.63, 3.8) is 0 Å². The number of rotatable bonds is 3. The van der Waals surface area contributed by atoms with Gasteiger partial charge in [0, 0.05) is 5.56 Å². The van der Waals surface area contributed by atoms with Crippen molar-refractivity contribution < 1.29 is 4.79 Å². The summed E-state index contributed by atoms with van der Waals surface area (Å²) in [6.45, 7) is 1.98. The molecule has 0 saturated heterocycles. The molecule has 0 aliphatic rings. The molecule has 2 heterocycles. The van der Waals surface area contributed by atoms with Crippen molar-refractivity contribution in [2.24, 2.45) is 0 Å². The van der Waals surface area contributed by atoms with Gasteiger partial charge in [0.25, 0.3) is 5.56 Å². The van der Waals surface area contributed by atoms with Gasteiger partial charge in [-0.05, 0) is 18.4 Å². The van der Waals surface area contributed by atoms with Gasteiger partial charge in [-0.25, -0.2) is 4.98 Å². The van der Waals surface area contributed by atoms with Gasteiger partial charge >= 0.3 is 0 Å². The molecule has 1 aromatic carbocycles. The van der Waals surface area contributed by atoms with Gasteiger partial charge in [-0.2, -0.15) is 0 Å². The molecule has 0 amide bonds. The summed E-state index contributed by atoms with van der Waals surface area (Å²) in [7, 11) is 0. The average molecular weight is 284 g/mol. The first kappa shape index (κ1) is 12.7. The Morgan fingerprint density at radius 3 is 2.75 bits per heavy atom. The highest BCUT2D eigenvalue weighted by Gasteiger charge is 2.10. The molecule has 0 unspecified atom stereocenters. The summed E-state index contributed by atoms with van der Waals surface area (Å²) in [5.74, 6) is -0.0940. The highest BCUT2D eigenvalue weighted by Crippen LogP contribution is 2.13. The number of aromatic nitrogens is 2. The molecule has 0 aliphatic carbocycles. The first-order valence-electron chi connectivity index (χ1n) is 6.17. The van der Waals surface area contributed by atoms with Crippen LogP contribution in [0, 0.1) is 6.92 Å². The second-order valence-electron chi connectivity index (χ2n) is 4.61. The third-order valence-electron chi connectivity index (χ3n) is 3.14. The highest BCUT2D eigenvalue weighted by atomic mass is 32.1. The number of carbonyl (C=O) groups excluding carboxylic acids is 1. The van der Waals surface area contributed by atoms with Crippen LogP contribution >= 0.6 is 11.3 Å². The monoisotopic (exact) mass is 284 g/mol. The second-order valence-corrected chi connectivity index (χ2v) is 5.50. The fourth-order valence-corrected chi connectivity index (χ4v) is 2.71. The fraction of sp³-hybridized carbons (Fsp3) is 0.133. The molecule has 5 heteroatoms. The maximum Gasteiger partial charge on any atom is 0.262 e. The topological polar surface area (TPSA) is 52.0 Å². The number of ketones is 1. The Labute approximate surface area is 119 Å². The molecular weight excluding hydrogens is 272 g/mol. The predicted octanol–water partition coefficient (Wildman–Crippen LogP) is 2.65. The maximum atomic E-state index is 12.2. The van der Waals surface area contributed by atoms with E-state index in [0.717, 1.165) is 5.56 Å². The lowest BCUT2D eigenvalue weighted by molar-refractivity contribution is 0.0970. The van der Waals surface area contributed by atoms with Crippen molar-refractivity contribution >= 4 is 27.3 Å². The molecule has 0 saturated carbocycles. The largest absolute Gasteiger partial charge is 0.292 e. The van der Waals surface area contributed by atoms with Gasteiger partial charge in [-0.3, -0.25) is 14.2 Å². The third kappa shape index (κ3) is 2.28. The molecule has 0 aliphatic heterocycles. The summed E-state index contributed by atoms with van der Waals surface area (Å²) in [4.78, 5) is 29.2. The normalized spacial score (nSPS) is 10.8. The van der Waals surface area contributed by atoms with E-state index < -0.39 is 0 Å². The van der Waals surface area contributed by atoms with E-state index >= 15 is 0 Å². The summed E-state index contributed by atoms with van der Waals surface area (Å²) in [6, 6.07) is 9.06. The van der Waals surface area contributed by atoms with Gasteiger partial charge in [0.2, 0.25) is 0 Å². The minimum Gasteiger partial charge on any atom is -0.292 e. The molecule has 2 aromatic heterocycles. The molecule has 0 N–H and O–H groups in total. The minimum absolute atomic E-state index is 0.0146. The van der Waals surface area contributed by atoms with Crippen molar-refractivity contribution in [2.45, 2.75) is 13.5 Å². The van der Waals surface area contributed by atoms with Crippen molar-refractivity contribution in [1.82, 2.24) is 9.55 Å². The van der Waals surface area contributed by atoms with Crippen LogP contribution in [0.5, 0.6) is 0 Å². The van der Waals surface area contributed by atoms with E-state index in [4.69, 9.17) is 0 Å². The number of nitrogens with zero attached hydrogens (tertiary/aromatic N) is 2. The standard InChI is InChI=1S/C15H12N2O2S/c1-10-2-4-11(5-3-10)13(18)8-17-9-16-14-12(15(17)19)6-7-20-14/h2-7,9H,8H2,1H3. The molecule has 3 aromatic rings. The summed E-state index contributed by atoms with van der Waals surface area (Å²) < 4.78 is 1.36. The predicted molar refractivity (Wildman–Crippen MR) is 79.4 cm³/mol. The van der Waals surface area contributed by atoms with Gasteiger partial charge in [0.15, 0.2) is 5.78 Å². The number of carbonyl (C=O) groups is 1. The third-order valence-corrected chi connectivity index (χ3v) is 3.96. The molecule has 3 rings (SSSR count). The van der Waals surface area contributed by atoms with Crippen molar-refractivity contribution in [1.29, 1.82) is 0 Å². The number of hydrogen-bond donors (Lipinski definition) is 0. The Balaban J connectivity index is 1.93. The van der Waals surface area contributed by atoms with Crippen LogP contribution in [0.2, 0.25) is 0 Å². The quantitative estimate of drug-likeness (QED) is 0.695. The van der Waals surface area contributed by atoms with Crippen LogP contribution < -0.4 is 5.56 Å². The van der Waals surface area contributed by atoms with Gasteiger partial charge in [0.1, 0.15) is 4.83 Å². The average Bonchev–Trinajstić information content (AvgIpc) is 2.92. The van der Waals surface area contributed by atoms with Crippen LogP contribution in [0.15, 0.2) is 46.8 Å². The smallest absolute Gasteiger partial charge is 0.262 e. The zero-order chi connectivity index (χ0) is 14.1. The lowest BCUT2D eigenvalue weighted by Crippen LogP contribution is -2.24.